The molecule has 0 aliphatic carbocycles. The summed E-state index contributed by atoms with van der Waals surface area (Å²) in [5.74, 6) is 0.160. The van der Waals surface area contributed by atoms with Gasteiger partial charge in [0, 0.05) is 0 Å². The number of amides is 1. The number of nitrogens with zero attached hydrogens (tertiary/aromatic N) is 1. The number of carbonyl (C=O) groups is 1. The van der Waals surface area contributed by atoms with Gasteiger partial charge in [0.25, 0.3) is 0 Å². The van der Waals surface area contributed by atoms with Crippen LogP contribution in [-0.2, 0) is 9.59 Å². The first-order valence-corrected chi connectivity index (χ1v) is 5.65. The molecule has 0 aromatic rings. The second-order valence-corrected chi connectivity index (χ2v) is 5.00. The number of hydrogen-bond donors (Lipinski definition) is 1. The minimum absolute atomic E-state index is 0.0661. The first-order valence-electron chi connectivity index (χ1n) is 5.65. The SMILES string of the molecule is CC(C)[C@@H](C(=O)N[C@H]([C]=O)C(C)C)N(C)C. The van der Waals surface area contributed by atoms with Gasteiger partial charge in [-0.15, -0.1) is 0 Å². The molecular formula is C12H23N2O2. The Kier molecular flexibility index (Phi) is 6.26. The Morgan fingerprint density at radius 1 is 1.12 bits per heavy atom. The Balaban J connectivity index is 4.58. The lowest BCUT2D eigenvalue weighted by molar-refractivity contribution is -0.127. The van der Waals surface area contributed by atoms with E-state index >= 15 is 0 Å². The first kappa shape index (κ1) is 15.1. The molecule has 4 heteroatoms. The number of hydrogen-bond acceptors (Lipinski definition) is 3. The Labute approximate surface area is 98.4 Å². The van der Waals surface area contributed by atoms with Gasteiger partial charge in [0.2, 0.25) is 12.2 Å². The van der Waals surface area contributed by atoms with Crippen molar-refractivity contribution in [2.45, 2.75) is 39.8 Å². The Bertz CT molecular complexity index is 229. The van der Waals surface area contributed by atoms with E-state index in [1.165, 1.54) is 0 Å². The summed E-state index contributed by atoms with van der Waals surface area (Å²) in [6.07, 6.45) is 1.86. The van der Waals surface area contributed by atoms with E-state index in [0.29, 0.717) is 0 Å². The fourth-order valence-electron chi connectivity index (χ4n) is 1.70. The van der Waals surface area contributed by atoms with E-state index in [1.54, 1.807) is 0 Å². The molecule has 0 aliphatic rings. The average molecular weight is 227 g/mol. The Morgan fingerprint density at radius 3 is 1.88 bits per heavy atom. The van der Waals surface area contributed by atoms with Crippen molar-refractivity contribution in [3.63, 3.8) is 0 Å². The molecule has 0 aromatic heterocycles. The standard InChI is InChI=1S/C12H23N2O2/c1-8(2)10(7-15)13-12(16)11(9(3)4)14(5)6/h8-11H,1-6H3,(H,13,16)/t10-,11+/m1/s1. The van der Waals surface area contributed by atoms with Crippen LogP contribution in [0.2, 0.25) is 0 Å². The second kappa shape index (κ2) is 6.63. The molecule has 4 nitrogen and oxygen atoms in total. The van der Waals surface area contributed by atoms with Crippen LogP contribution in [0.15, 0.2) is 0 Å². The summed E-state index contributed by atoms with van der Waals surface area (Å²) in [4.78, 5) is 24.5. The highest BCUT2D eigenvalue weighted by Crippen LogP contribution is 2.09. The predicted molar refractivity (Wildman–Crippen MR) is 64.8 cm³/mol. The molecule has 1 amide bonds. The summed E-state index contributed by atoms with van der Waals surface area (Å²) >= 11 is 0. The van der Waals surface area contributed by atoms with Crippen LogP contribution < -0.4 is 5.32 Å². The minimum Gasteiger partial charge on any atom is -0.344 e. The fraction of sp³-hybridized carbons (Fsp3) is 0.833. The zero-order valence-electron chi connectivity index (χ0n) is 11.1. The zero-order chi connectivity index (χ0) is 12.9. The van der Waals surface area contributed by atoms with Crippen molar-refractivity contribution in [3.05, 3.63) is 0 Å². The van der Waals surface area contributed by atoms with Gasteiger partial charge in [-0.05, 0) is 25.9 Å². The highest BCUT2D eigenvalue weighted by molar-refractivity contribution is 5.84. The molecule has 1 radical (unpaired) electrons. The quantitative estimate of drug-likeness (QED) is 0.731. The van der Waals surface area contributed by atoms with E-state index in [-0.39, 0.29) is 23.8 Å². The van der Waals surface area contributed by atoms with Crippen molar-refractivity contribution in [2.24, 2.45) is 11.8 Å². The maximum Gasteiger partial charge on any atom is 0.238 e. The van der Waals surface area contributed by atoms with Crippen molar-refractivity contribution < 1.29 is 9.59 Å². The Morgan fingerprint density at radius 2 is 1.62 bits per heavy atom. The summed E-state index contributed by atoms with van der Waals surface area (Å²) in [6, 6.07) is -0.733. The molecule has 0 bridgehead atoms. The molecule has 0 rings (SSSR count). The van der Waals surface area contributed by atoms with Crippen molar-refractivity contribution in [3.8, 4) is 0 Å². The summed E-state index contributed by atoms with van der Waals surface area (Å²) in [5, 5.41) is 2.72. The minimum atomic E-state index is -0.520. The van der Waals surface area contributed by atoms with Crippen molar-refractivity contribution in [2.75, 3.05) is 14.1 Å². The third-order valence-electron chi connectivity index (χ3n) is 2.55. The molecule has 0 heterocycles. The maximum atomic E-state index is 12.0. The topological polar surface area (TPSA) is 49.4 Å². The molecule has 0 saturated heterocycles. The molecule has 0 aromatic carbocycles. The van der Waals surface area contributed by atoms with Gasteiger partial charge in [-0.2, -0.15) is 0 Å². The van der Waals surface area contributed by atoms with E-state index in [1.807, 2.05) is 53.0 Å². The molecule has 0 aliphatic heterocycles. The van der Waals surface area contributed by atoms with Crippen molar-refractivity contribution >= 4 is 12.2 Å². The number of nitrogens with one attached hydrogen (secondary N) is 1. The Hall–Kier alpha value is -0.900. The lowest BCUT2D eigenvalue weighted by Gasteiger charge is -2.28. The van der Waals surface area contributed by atoms with Gasteiger partial charge in [0.05, 0.1) is 12.1 Å². The molecule has 93 valence electrons. The van der Waals surface area contributed by atoms with Gasteiger partial charge in [0.15, 0.2) is 0 Å². The lowest BCUT2D eigenvalue weighted by Crippen LogP contribution is -2.51. The van der Waals surface area contributed by atoms with Crippen LogP contribution >= 0.6 is 0 Å². The zero-order valence-corrected chi connectivity index (χ0v) is 11.1. The first-order chi connectivity index (χ1) is 7.31. The van der Waals surface area contributed by atoms with Crippen LogP contribution in [0.4, 0.5) is 0 Å². The number of likely N-dealkylation sites (N-methyl/N-ethyl adjacent to an activating group) is 1. The maximum absolute atomic E-state index is 12.0. The van der Waals surface area contributed by atoms with E-state index < -0.39 is 6.04 Å². The van der Waals surface area contributed by atoms with Crippen LogP contribution in [0, 0.1) is 11.8 Å². The van der Waals surface area contributed by atoms with Gasteiger partial charge >= 0.3 is 0 Å². The molecule has 16 heavy (non-hydrogen) atoms. The third kappa shape index (κ3) is 4.31. The van der Waals surface area contributed by atoms with Crippen LogP contribution in [0.25, 0.3) is 0 Å². The largest absolute Gasteiger partial charge is 0.344 e. The third-order valence-corrected chi connectivity index (χ3v) is 2.55. The highest BCUT2D eigenvalue weighted by atomic mass is 16.2. The van der Waals surface area contributed by atoms with E-state index in [0.717, 1.165) is 0 Å². The van der Waals surface area contributed by atoms with Crippen molar-refractivity contribution in [1.82, 2.24) is 10.2 Å². The second-order valence-electron chi connectivity index (χ2n) is 5.00. The van der Waals surface area contributed by atoms with Crippen LogP contribution in [0.1, 0.15) is 27.7 Å². The number of carbonyl (C=O) groups excluding carboxylic acids is 2. The average Bonchev–Trinajstić information content (AvgIpc) is 2.12. The van der Waals surface area contributed by atoms with Gasteiger partial charge in [0.1, 0.15) is 0 Å². The predicted octanol–water partition coefficient (Wildman–Crippen LogP) is 0.823. The van der Waals surface area contributed by atoms with Gasteiger partial charge in [-0.1, -0.05) is 27.7 Å². The van der Waals surface area contributed by atoms with Crippen LogP contribution in [-0.4, -0.2) is 43.3 Å². The van der Waals surface area contributed by atoms with E-state index in [4.69, 9.17) is 0 Å². The smallest absolute Gasteiger partial charge is 0.238 e. The van der Waals surface area contributed by atoms with Gasteiger partial charge in [-0.3, -0.25) is 14.5 Å². The summed E-state index contributed by atoms with van der Waals surface area (Å²) in [5.41, 5.74) is 0. The molecule has 2 atom stereocenters. The molecule has 0 unspecified atom stereocenters. The number of rotatable bonds is 6. The van der Waals surface area contributed by atoms with Crippen molar-refractivity contribution in [1.29, 1.82) is 0 Å². The van der Waals surface area contributed by atoms with Gasteiger partial charge in [-0.25, -0.2) is 0 Å². The van der Waals surface area contributed by atoms with Crippen LogP contribution in [0.5, 0.6) is 0 Å². The lowest BCUT2D eigenvalue weighted by atomic mass is 10.0. The summed E-state index contributed by atoms with van der Waals surface area (Å²) in [7, 11) is 3.72. The van der Waals surface area contributed by atoms with E-state index in [9.17, 15) is 9.59 Å². The molecule has 0 saturated carbocycles. The summed E-state index contributed by atoms with van der Waals surface area (Å²) < 4.78 is 0. The van der Waals surface area contributed by atoms with Gasteiger partial charge < -0.3 is 5.32 Å². The molecule has 0 fully saturated rings. The molecule has 1 N–H and O–H groups in total. The highest BCUT2D eigenvalue weighted by Gasteiger charge is 2.27. The normalized spacial score (nSPS) is 15.3. The fourth-order valence-corrected chi connectivity index (χ4v) is 1.70. The van der Waals surface area contributed by atoms with E-state index in [2.05, 4.69) is 5.32 Å². The molecular weight excluding hydrogens is 204 g/mol. The monoisotopic (exact) mass is 227 g/mol. The van der Waals surface area contributed by atoms with Crippen LogP contribution in [0.3, 0.4) is 0 Å². The summed E-state index contributed by atoms with van der Waals surface area (Å²) in [6.45, 7) is 7.74. The molecule has 0 spiro atoms.